The van der Waals surface area contributed by atoms with Crippen molar-refractivity contribution in [1.82, 2.24) is 10.3 Å². The highest BCUT2D eigenvalue weighted by molar-refractivity contribution is 7.09. The van der Waals surface area contributed by atoms with Gasteiger partial charge in [-0.05, 0) is 30.7 Å². The molecule has 0 atom stereocenters. The summed E-state index contributed by atoms with van der Waals surface area (Å²) in [6.07, 6.45) is 1.14. The van der Waals surface area contributed by atoms with Crippen LogP contribution in [0.4, 0.5) is 0 Å². The summed E-state index contributed by atoms with van der Waals surface area (Å²) in [5.41, 5.74) is 2.14. The second-order valence-corrected chi connectivity index (χ2v) is 5.69. The Bertz CT molecular complexity index is 525. The van der Waals surface area contributed by atoms with Gasteiger partial charge in [0.05, 0.1) is 26.0 Å². The van der Waals surface area contributed by atoms with Crippen LogP contribution in [0.25, 0.3) is 0 Å². The molecule has 0 aliphatic rings. The number of nitrogens with zero attached hydrogens (tertiary/aromatic N) is 1. The number of methoxy groups -OCH3 is 1. The summed E-state index contributed by atoms with van der Waals surface area (Å²) < 4.78 is 10.8. The maximum Gasteiger partial charge on any atom is 0.118 e. The van der Waals surface area contributed by atoms with E-state index in [1.807, 2.05) is 24.3 Å². The van der Waals surface area contributed by atoms with Crippen molar-refractivity contribution in [2.45, 2.75) is 33.1 Å². The van der Waals surface area contributed by atoms with E-state index in [1.165, 1.54) is 0 Å². The smallest absolute Gasteiger partial charge is 0.118 e. The van der Waals surface area contributed by atoms with Gasteiger partial charge >= 0.3 is 0 Å². The van der Waals surface area contributed by atoms with Gasteiger partial charge in [0, 0.05) is 11.9 Å². The van der Waals surface area contributed by atoms with Crippen LogP contribution in [0.2, 0.25) is 0 Å². The summed E-state index contributed by atoms with van der Waals surface area (Å²) >= 11 is 1.68. The van der Waals surface area contributed by atoms with Crippen LogP contribution in [-0.2, 0) is 24.5 Å². The Kier molecular flexibility index (Phi) is 6.66. The molecule has 0 radical (unpaired) electrons. The number of benzene rings is 1. The maximum atomic E-state index is 5.70. The van der Waals surface area contributed by atoms with E-state index in [0.29, 0.717) is 13.2 Å². The van der Waals surface area contributed by atoms with E-state index in [2.05, 4.69) is 22.6 Å². The van der Waals surface area contributed by atoms with Crippen molar-refractivity contribution in [1.29, 1.82) is 0 Å². The van der Waals surface area contributed by atoms with E-state index in [4.69, 9.17) is 9.47 Å². The van der Waals surface area contributed by atoms with Gasteiger partial charge in [0.15, 0.2) is 0 Å². The summed E-state index contributed by atoms with van der Waals surface area (Å²) in [7, 11) is 1.67. The molecule has 0 aliphatic carbocycles. The molecule has 0 spiro atoms. The fourth-order valence-corrected chi connectivity index (χ4v) is 2.61. The molecule has 21 heavy (non-hydrogen) atoms. The standard InChI is InChI=1S/C16H22N2O2S/c1-3-8-17-9-16-18-14(12-21-16)11-20-10-13-4-6-15(19-2)7-5-13/h4-7,12,17H,3,8-11H2,1-2H3. The maximum absolute atomic E-state index is 5.70. The van der Waals surface area contributed by atoms with Gasteiger partial charge in [-0.1, -0.05) is 19.1 Å². The Morgan fingerprint density at radius 2 is 2.00 bits per heavy atom. The van der Waals surface area contributed by atoms with Gasteiger partial charge in [0.2, 0.25) is 0 Å². The van der Waals surface area contributed by atoms with Crippen LogP contribution in [0.1, 0.15) is 29.6 Å². The molecule has 0 aliphatic heterocycles. The first-order chi connectivity index (χ1) is 10.3. The van der Waals surface area contributed by atoms with Crippen molar-refractivity contribution in [2.75, 3.05) is 13.7 Å². The van der Waals surface area contributed by atoms with Gasteiger partial charge in [0.1, 0.15) is 10.8 Å². The van der Waals surface area contributed by atoms with E-state index in [9.17, 15) is 0 Å². The van der Waals surface area contributed by atoms with Crippen LogP contribution >= 0.6 is 11.3 Å². The summed E-state index contributed by atoms with van der Waals surface area (Å²) in [5, 5.41) is 6.54. The topological polar surface area (TPSA) is 43.4 Å². The lowest BCUT2D eigenvalue weighted by Crippen LogP contribution is -2.13. The number of rotatable bonds is 9. The third kappa shape index (κ3) is 5.46. The first-order valence-corrected chi connectivity index (χ1v) is 8.04. The first-order valence-electron chi connectivity index (χ1n) is 7.16. The minimum absolute atomic E-state index is 0.552. The molecular weight excluding hydrogens is 284 g/mol. The van der Waals surface area contributed by atoms with Crippen molar-refractivity contribution in [3.05, 3.63) is 45.9 Å². The highest BCUT2D eigenvalue weighted by Gasteiger charge is 2.02. The molecular formula is C16H22N2O2S. The van der Waals surface area contributed by atoms with Crippen LogP contribution in [0.15, 0.2) is 29.6 Å². The second kappa shape index (κ2) is 8.77. The van der Waals surface area contributed by atoms with Crippen LogP contribution in [0.3, 0.4) is 0 Å². The monoisotopic (exact) mass is 306 g/mol. The third-order valence-corrected chi connectivity index (χ3v) is 3.88. The van der Waals surface area contributed by atoms with Crippen LogP contribution < -0.4 is 10.1 Å². The summed E-state index contributed by atoms with van der Waals surface area (Å²) in [5.74, 6) is 0.863. The van der Waals surface area contributed by atoms with Crippen LogP contribution in [0.5, 0.6) is 5.75 Å². The molecule has 1 N–H and O–H groups in total. The number of hydrogen-bond donors (Lipinski definition) is 1. The molecule has 114 valence electrons. The number of nitrogens with one attached hydrogen (secondary N) is 1. The normalized spacial score (nSPS) is 10.8. The molecule has 2 aromatic rings. The Morgan fingerprint density at radius 3 is 2.71 bits per heavy atom. The van der Waals surface area contributed by atoms with Crippen LogP contribution in [0, 0.1) is 0 Å². The summed E-state index contributed by atoms with van der Waals surface area (Å²) in [6, 6.07) is 7.91. The average Bonchev–Trinajstić information content (AvgIpc) is 2.96. The molecule has 0 fully saturated rings. The highest BCUT2D eigenvalue weighted by atomic mass is 32.1. The molecule has 0 bridgehead atoms. The largest absolute Gasteiger partial charge is 0.497 e. The molecule has 0 unspecified atom stereocenters. The van der Waals surface area contributed by atoms with Gasteiger partial charge in [-0.25, -0.2) is 4.98 Å². The predicted octanol–water partition coefficient (Wildman–Crippen LogP) is 3.37. The zero-order chi connectivity index (χ0) is 14.9. The van der Waals surface area contributed by atoms with E-state index >= 15 is 0 Å². The minimum atomic E-state index is 0.552. The average molecular weight is 306 g/mol. The molecule has 0 saturated heterocycles. The fourth-order valence-electron chi connectivity index (χ4n) is 1.86. The molecule has 0 amide bonds. The highest BCUT2D eigenvalue weighted by Crippen LogP contribution is 2.14. The van der Waals surface area contributed by atoms with Crippen molar-refractivity contribution in [3.8, 4) is 5.75 Å². The zero-order valence-electron chi connectivity index (χ0n) is 12.6. The molecule has 0 saturated carbocycles. The van der Waals surface area contributed by atoms with Crippen molar-refractivity contribution < 1.29 is 9.47 Å². The van der Waals surface area contributed by atoms with Gasteiger partial charge in [-0.2, -0.15) is 0 Å². The van der Waals surface area contributed by atoms with Gasteiger partial charge in [-0.15, -0.1) is 11.3 Å². The third-order valence-electron chi connectivity index (χ3n) is 2.98. The van der Waals surface area contributed by atoms with Crippen molar-refractivity contribution >= 4 is 11.3 Å². The second-order valence-electron chi connectivity index (χ2n) is 4.75. The predicted molar refractivity (Wildman–Crippen MR) is 85.6 cm³/mol. The lowest BCUT2D eigenvalue weighted by atomic mass is 10.2. The van der Waals surface area contributed by atoms with E-state index in [-0.39, 0.29) is 0 Å². The van der Waals surface area contributed by atoms with Gasteiger partial charge in [-0.3, -0.25) is 0 Å². The fraction of sp³-hybridized carbons (Fsp3) is 0.438. The van der Waals surface area contributed by atoms with Crippen molar-refractivity contribution in [3.63, 3.8) is 0 Å². The van der Waals surface area contributed by atoms with Crippen molar-refractivity contribution in [2.24, 2.45) is 0 Å². The molecule has 1 aromatic heterocycles. The Labute approximate surface area is 130 Å². The van der Waals surface area contributed by atoms with E-state index in [1.54, 1.807) is 18.4 Å². The molecule has 2 rings (SSSR count). The number of ether oxygens (including phenoxy) is 2. The Morgan fingerprint density at radius 1 is 1.19 bits per heavy atom. The quantitative estimate of drug-likeness (QED) is 0.721. The molecule has 1 aromatic carbocycles. The van der Waals surface area contributed by atoms with Crippen LogP contribution in [-0.4, -0.2) is 18.6 Å². The summed E-state index contributed by atoms with van der Waals surface area (Å²) in [6.45, 7) is 5.18. The molecule has 1 heterocycles. The van der Waals surface area contributed by atoms with E-state index < -0.39 is 0 Å². The molecule has 4 nitrogen and oxygen atoms in total. The SMILES string of the molecule is CCCNCc1nc(COCc2ccc(OC)cc2)cs1. The Hall–Kier alpha value is -1.43. The Balaban J connectivity index is 1.72. The van der Waals surface area contributed by atoms with E-state index in [0.717, 1.165) is 41.5 Å². The number of thiazole rings is 1. The number of hydrogen-bond acceptors (Lipinski definition) is 5. The van der Waals surface area contributed by atoms with Gasteiger partial charge in [0.25, 0.3) is 0 Å². The summed E-state index contributed by atoms with van der Waals surface area (Å²) in [4.78, 5) is 4.55. The molecule has 5 heteroatoms. The van der Waals surface area contributed by atoms with Gasteiger partial charge < -0.3 is 14.8 Å². The lowest BCUT2D eigenvalue weighted by molar-refractivity contribution is 0.105. The number of aromatic nitrogens is 1. The minimum Gasteiger partial charge on any atom is -0.497 e. The first kappa shape index (κ1) is 15.9. The zero-order valence-corrected chi connectivity index (χ0v) is 13.4. The lowest BCUT2D eigenvalue weighted by Gasteiger charge is -2.04.